The van der Waals surface area contributed by atoms with Crippen molar-refractivity contribution in [3.63, 3.8) is 0 Å². The minimum atomic E-state index is -0.384. The highest BCUT2D eigenvalue weighted by Crippen LogP contribution is 2.83. The van der Waals surface area contributed by atoms with E-state index in [-0.39, 0.29) is 10.8 Å². The molecular weight excluding hydrogens is 727 g/mol. The number of nitrogens with zero attached hydrogens (tertiary/aromatic N) is 3. The maximum atomic E-state index is 5.32. The van der Waals surface area contributed by atoms with Crippen LogP contribution in [0.3, 0.4) is 0 Å². The summed E-state index contributed by atoms with van der Waals surface area (Å²) in [5.41, 5.74) is 19.7. The number of allylic oxidation sites excluding steroid dienone is 9. The molecule has 2 unspecified atom stereocenters. The molecule has 13 rings (SSSR count). The Hall–Kier alpha value is -7.49. The van der Waals surface area contributed by atoms with Crippen LogP contribution < -0.4 is 0 Å². The van der Waals surface area contributed by atoms with Crippen LogP contribution in [0, 0.1) is 5.41 Å². The average molecular weight is 764 g/mol. The van der Waals surface area contributed by atoms with Crippen molar-refractivity contribution in [1.82, 2.24) is 15.0 Å². The van der Waals surface area contributed by atoms with Gasteiger partial charge in [-0.15, -0.1) is 0 Å². The van der Waals surface area contributed by atoms with E-state index in [0.717, 1.165) is 28.7 Å². The normalized spacial score (nSPS) is 19.8. The molecule has 280 valence electrons. The van der Waals surface area contributed by atoms with E-state index in [9.17, 15) is 0 Å². The van der Waals surface area contributed by atoms with Crippen LogP contribution in [0.25, 0.3) is 72.8 Å². The Balaban J connectivity index is 1.15. The zero-order valence-electron chi connectivity index (χ0n) is 33.0. The molecule has 1 fully saturated rings. The molecule has 0 saturated heterocycles. The molecule has 1 aromatic heterocycles. The summed E-state index contributed by atoms with van der Waals surface area (Å²) in [5.74, 6) is 1.96. The van der Waals surface area contributed by atoms with Crippen LogP contribution >= 0.6 is 0 Å². The monoisotopic (exact) mass is 763 g/mol. The fourth-order valence-electron chi connectivity index (χ4n) is 11.5. The topological polar surface area (TPSA) is 38.7 Å². The molecular formula is C57H37N3. The molecule has 1 heterocycles. The van der Waals surface area contributed by atoms with Crippen LogP contribution in [-0.4, -0.2) is 15.0 Å². The predicted octanol–water partition coefficient (Wildman–Crippen LogP) is 13.5. The van der Waals surface area contributed by atoms with Gasteiger partial charge in [-0.3, -0.25) is 0 Å². The van der Waals surface area contributed by atoms with E-state index < -0.39 is 0 Å². The first-order chi connectivity index (χ1) is 29.7. The Bertz CT molecular complexity index is 3290. The molecule has 2 spiro atoms. The summed E-state index contributed by atoms with van der Waals surface area (Å²) in [7, 11) is 0. The highest BCUT2D eigenvalue weighted by Gasteiger charge is 2.74. The first-order valence-electron chi connectivity index (χ1n) is 21.0. The van der Waals surface area contributed by atoms with Gasteiger partial charge in [0.05, 0.1) is 10.8 Å². The minimum absolute atomic E-state index is 0.322. The van der Waals surface area contributed by atoms with Gasteiger partial charge in [0.1, 0.15) is 0 Å². The van der Waals surface area contributed by atoms with E-state index in [2.05, 4.69) is 165 Å². The van der Waals surface area contributed by atoms with Crippen molar-refractivity contribution in [2.45, 2.75) is 18.8 Å². The molecule has 5 aliphatic rings. The van der Waals surface area contributed by atoms with Crippen molar-refractivity contribution >= 4 is 27.5 Å². The third kappa shape index (κ3) is 4.11. The van der Waals surface area contributed by atoms with Gasteiger partial charge in [-0.1, -0.05) is 195 Å². The predicted molar refractivity (Wildman–Crippen MR) is 245 cm³/mol. The number of rotatable bonds is 6. The van der Waals surface area contributed by atoms with Gasteiger partial charge in [0.25, 0.3) is 0 Å². The molecule has 0 N–H and O–H groups in total. The van der Waals surface area contributed by atoms with Crippen LogP contribution in [-0.2, 0) is 5.41 Å². The molecule has 1 saturated carbocycles. The molecule has 8 aromatic rings. The van der Waals surface area contributed by atoms with E-state index >= 15 is 0 Å². The summed E-state index contributed by atoms with van der Waals surface area (Å²) in [5, 5.41) is 2.35. The summed E-state index contributed by atoms with van der Waals surface area (Å²) in [6, 6.07) is 59.1. The Kier molecular flexibility index (Phi) is 6.84. The molecule has 2 atom stereocenters. The Morgan fingerprint density at radius 2 is 1.13 bits per heavy atom. The van der Waals surface area contributed by atoms with Gasteiger partial charge in [0.2, 0.25) is 0 Å². The smallest absolute Gasteiger partial charge is 0.164 e. The summed E-state index contributed by atoms with van der Waals surface area (Å²) in [4.78, 5) is 15.7. The van der Waals surface area contributed by atoms with Crippen molar-refractivity contribution in [3.05, 3.63) is 239 Å². The lowest BCUT2D eigenvalue weighted by atomic mass is 9.41. The first kappa shape index (κ1) is 33.5. The van der Waals surface area contributed by atoms with Gasteiger partial charge in [-0.25, -0.2) is 15.0 Å². The van der Waals surface area contributed by atoms with Crippen molar-refractivity contribution in [1.29, 1.82) is 0 Å². The van der Waals surface area contributed by atoms with E-state index in [1.165, 1.54) is 77.6 Å². The second-order valence-electron chi connectivity index (χ2n) is 16.4. The summed E-state index contributed by atoms with van der Waals surface area (Å²) < 4.78 is 0. The van der Waals surface area contributed by atoms with Gasteiger partial charge in [0, 0.05) is 22.3 Å². The fourth-order valence-corrected chi connectivity index (χ4v) is 11.5. The Morgan fingerprint density at radius 3 is 1.90 bits per heavy atom. The first-order valence-corrected chi connectivity index (χ1v) is 21.0. The van der Waals surface area contributed by atoms with Crippen molar-refractivity contribution in [2.75, 3.05) is 0 Å². The molecule has 7 aromatic carbocycles. The molecule has 0 aliphatic heterocycles. The van der Waals surface area contributed by atoms with E-state index in [4.69, 9.17) is 15.0 Å². The van der Waals surface area contributed by atoms with Crippen molar-refractivity contribution in [3.8, 4) is 45.3 Å². The Morgan fingerprint density at radius 1 is 0.500 bits per heavy atom. The molecule has 5 aliphatic carbocycles. The molecule has 3 heteroatoms. The Labute approximate surface area is 349 Å². The minimum Gasteiger partial charge on any atom is -0.208 e. The summed E-state index contributed by atoms with van der Waals surface area (Å²) >= 11 is 0. The van der Waals surface area contributed by atoms with E-state index in [0.29, 0.717) is 17.5 Å². The number of benzene rings is 7. The van der Waals surface area contributed by atoms with Crippen LogP contribution in [0.4, 0.5) is 0 Å². The number of fused-ring (bicyclic) bond motifs is 7. The zero-order chi connectivity index (χ0) is 39.6. The SMILES string of the molecule is CC/C=C\C1=C2C34C=CC=C3c3ccccc3C3=C4C2(c2ccccc23)c2cccc(-c3c(-c4nc(-c5ccccc5)nc(-c5ccccc5)n4)ccc4ccccc34)c21. The van der Waals surface area contributed by atoms with Crippen LogP contribution in [0.1, 0.15) is 46.7 Å². The zero-order valence-corrected chi connectivity index (χ0v) is 33.0. The average Bonchev–Trinajstić information content (AvgIpc) is 3.97. The summed E-state index contributed by atoms with van der Waals surface area (Å²) in [6.45, 7) is 2.24. The van der Waals surface area contributed by atoms with Gasteiger partial charge in [-0.2, -0.15) is 0 Å². The van der Waals surface area contributed by atoms with Crippen molar-refractivity contribution < 1.29 is 0 Å². The highest BCUT2D eigenvalue weighted by molar-refractivity contribution is 6.17. The van der Waals surface area contributed by atoms with Crippen LogP contribution in [0.15, 0.2) is 205 Å². The maximum absolute atomic E-state index is 5.32. The van der Waals surface area contributed by atoms with Crippen molar-refractivity contribution in [2.24, 2.45) is 5.41 Å². The quantitative estimate of drug-likeness (QED) is 0.169. The van der Waals surface area contributed by atoms with Gasteiger partial charge >= 0.3 is 0 Å². The van der Waals surface area contributed by atoms with Crippen LogP contribution in [0.5, 0.6) is 0 Å². The van der Waals surface area contributed by atoms with Gasteiger partial charge < -0.3 is 0 Å². The molecule has 60 heavy (non-hydrogen) atoms. The van der Waals surface area contributed by atoms with Crippen LogP contribution in [0.2, 0.25) is 0 Å². The number of hydrogen-bond donors (Lipinski definition) is 0. The number of hydrogen-bond acceptors (Lipinski definition) is 3. The van der Waals surface area contributed by atoms with E-state index in [1.807, 2.05) is 36.4 Å². The molecule has 3 nitrogen and oxygen atoms in total. The molecule has 0 radical (unpaired) electrons. The highest BCUT2D eigenvalue weighted by atomic mass is 15.0. The van der Waals surface area contributed by atoms with Gasteiger partial charge in [0.15, 0.2) is 17.5 Å². The standard InChI is InChI=1S/C57H37N3/c1-2-3-23-43-49-42(28-16-30-47(49)57-46-29-15-14-27-41(46)50-40-26-13-12-25-39(40)45-31-17-34-56(45,51(43)57)52(50)57)48-38-24-11-10-18-35(38)32-33-44(48)55-59-53(36-19-6-4-7-20-36)58-54(60-55)37-21-8-5-9-22-37/h3-34H,2H2,1H3/b23-3-. The maximum Gasteiger partial charge on any atom is 0.164 e. The largest absolute Gasteiger partial charge is 0.208 e. The summed E-state index contributed by atoms with van der Waals surface area (Å²) in [6.07, 6.45) is 12.9. The third-order valence-electron chi connectivity index (χ3n) is 13.6. The van der Waals surface area contributed by atoms with Gasteiger partial charge in [-0.05, 0) is 90.1 Å². The second-order valence-corrected chi connectivity index (χ2v) is 16.4. The third-order valence-corrected chi connectivity index (χ3v) is 13.6. The lowest BCUT2D eigenvalue weighted by Gasteiger charge is -2.59. The van der Waals surface area contributed by atoms with E-state index in [1.54, 1.807) is 0 Å². The number of aromatic nitrogens is 3. The second kappa shape index (κ2) is 12.3. The lowest BCUT2D eigenvalue weighted by molar-refractivity contribution is 0.448. The molecule has 0 amide bonds. The lowest BCUT2D eigenvalue weighted by Crippen LogP contribution is -2.53. The molecule has 0 bridgehead atoms. The fraction of sp³-hybridized carbons (Fsp3) is 0.0702.